The van der Waals surface area contributed by atoms with Crippen LogP contribution in [0.4, 0.5) is 5.69 Å². The van der Waals surface area contributed by atoms with Crippen molar-refractivity contribution in [1.82, 2.24) is 9.55 Å². The van der Waals surface area contributed by atoms with E-state index in [9.17, 15) is 0 Å². The first kappa shape index (κ1) is 14.4. The third-order valence-corrected chi connectivity index (χ3v) is 4.03. The third kappa shape index (κ3) is 3.51. The predicted octanol–water partition coefficient (Wildman–Crippen LogP) is 4.63. The normalized spacial score (nSPS) is 10.7. The Hall–Kier alpha value is -1.000. The number of nitrogens with one attached hydrogen (secondary N) is 1. The van der Waals surface area contributed by atoms with Gasteiger partial charge in [0.2, 0.25) is 0 Å². The molecule has 0 amide bonds. The van der Waals surface area contributed by atoms with E-state index in [0.29, 0.717) is 0 Å². The summed E-state index contributed by atoms with van der Waals surface area (Å²) in [5, 5.41) is 4.16. The summed E-state index contributed by atoms with van der Waals surface area (Å²) in [5.74, 6) is 0. The van der Waals surface area contributed by atoms with Gasteiger partial charge in [-0.25, -0.2) is 4.98 Å². The molecule has 102 valence electrons. The van der Waals surface area contributed by atoms with Crippen molar-refractivity contribution in [3.8, 4) is 0 Å². The molecule has 5 heteroatoms. The summed E-state index contributed by atoms with van der Waals surface area (Å²) in [5.41, 5.74) is 3.24. The highest BCUT2D eigenvalue weighted by Crippen LogP contribution is 2.29. The zero-order valence-electron chi connectivity index (χ0n) is 11.1. The van der Waals surface area contributed by atoms with Crippen molar-refractivity contribution in [1.29, 1.82) is 0 Å². The molecule has 1 N–H and O–H groups in total. The number of aromatic nitrogens is 2. The minimum atomic E-state index is 0.734. The zero-order chi connectivity index (χ0) is 13.8. The van der Waals surface area contributed by atoms with Crippen molar-refractivity contribution in [3.05, 3.63) is 45.4 Å². The number of rotatable bonds is 5. The number of anilines is 1. The monoisotopic (exact) mass is 341 g/mol. The van der Waals surface area contributed by atoms with Gasteiger partial charge in [0.05, 0.1) is 24.3 Å². The lowest BCUT2D eigenvalue weighted by atomic mass is 10.2. The predicted molar refractivity (Wildman–Crippen MR) is 83.7 cm³/mol. The summed E-state index contributed by atoms with van der Waals surface area (Å²) in [4.78, 5) is 4.19. The van der Waals surface area contributed by atoms with Crippen LogP contribution in [0, 0.1) is 6.92 Å². The van der Waals surface area contributed by atoms with Gasteiger partial charge in [0.15, 0.2) is 0 Å². The minimum absolute atomic E-state index is 0.734. The fourth-order valence-corrected chi connectivity index (χ4v) is 2.67. The fourth-order valence-electron chi connectivity index (χ4n) is 1.91. The number of imidazole rings is 1. The molecule has 0 spiro atoms. The van der Waals surface area contributed by atoms with E-state index < -0.39 is 0 Å². The van der Waals surface area contributed by atoms with E-state index in [0.717, 1.165) is 40.3 Å². The van der Waals surface area contributed by atoms with Gasteiger partial charge in [-0.3, -0.25) is 0 Å². The molecule has 19 heavy (non-hydrogen) atoms. The Labute approximate surface area is 127 Å². The molecule has 0 aliphatic carbocycles. The molecule has 1 heterocycles. The molecule has 1 aromatic heterocycles. The number of hydrogen-bond donors (Lipinski definition) is 1. The van der Waals surface area contributed by atoms with Crippen LogP contribution >= 0.6 is 27.5 Å². The Morgan fingerprint density at radius 2 is 2.21 bits per heavy atom. The molecule has 0 saturated heterocycles. The fraction of sp³-hybridized carbons (Fsp3) is 0.357. The van der Waals surface area contributed by atoms with E-state index in [2.05, 4.69) is 37.7 Å². The van der Waals surface area contributed by atoms with Crippen molar-refractivity contribution in [3.63, 3.8) is 0 Å². The summed E-state index contributed by atoms with van der Waals surface area (Å²) in [6.45, 7) is 5.88. The Morgan fingerprint density at radius 1 is 1.42 bits per heavy atom. The minimum Gasteiger partial charge on any atom is -0.378 e. The van der Waals surface area contributed by atoms with Crippen molar-refractivity contribution in [2.24, 2.45) is 0 Å². The van der Waals surface area contributed by atoms with Gasteiger partial charge in [-0.15, -0.1) is 0 Å². The number of aryl methyl sites for hydroxylation is 2. The molecule has 0 aliphatic heterocycles. The maximum Gasteiger partial charge on any atom is 0.0948 e. The molecule has 1 aromatic carbocycles. The number of hydrogen-bond acceptors (Lipinski definition) is 2. The lowest BCUT2D eigenvalue weighted by Gasteiger charge is -2.12. The van der Waals surface area contributed by atoms with Crippen LogP contribution in [-0.2, 0) is 13.1 Å². The molecule has 2 rings (SSSR count). The van der Waals surface area contributed by atoms with Crippen LogP contribution in [0.25, 0.3) is 0 Å². The third-order valence-electron chi connectivity index (χ3n) is 2.97. The van der Waals surface area contributed by atoms with Gasteiger partial charge in [-0.2, -0.15) is 0 Å². The summed E-state index contributed by atoms with van der Waals surface area (Å²) >= 11 is 9.70. The molecular weight excluding hydrogens is 326 g/mol. The molecule has 0 unspecified atom stereocenters. The second kappa shape index (κ2) is 6.44. The van der Waals surface area contributed by atoms with Crippen LogP contribution in [0.5, 0.6) is 0 Å². The molecule has 0 atom stereocenters. The Kier molecular flexibility index (Phi) is 4.88. The topological polar surface area (TPSA) is 29.9 Å². The number of halogens is 2. The summed E-state index contributed by atoms with van der Waals surface area (Å²) in [6, 6.07) is 3.97. The highest BCUT2D eigenvalue weighted by molar-refractivity contribution is 9.10. The van der Waals surface area contributed by atoms with Gasteiger partial charge >= 0.3 is 0 Å². The van der Waals surface area contributed by atoms with E-state index >= 15 is 0 Å². The molecule has 0 radical (unpaired) electrons. The SMILES string of the molecule is CCCn1cncc1CNc1cc(Cl)c(C)cc1Br. The van der Waals surface area contributed by atoms with Crippen LogP contribution < -0.4 is 5.32 Å². The number of benzene rings is 1. The van der Waals surface area contributed by atoms with Crippen LogP contribution in [0.1, 0.15) is 24.6 Å². The molecule has 0 saturated carbocycles. The zero-order valence-corrected chi connectivity index (χ0v) is 13.4. The van der Waals surface area contributed by atoms with Gasteiger partial charge in [0.1, 0.15) is 0 Å². The molecule has 0 fully saturated rings. The molecule has 2 aromatic rings. The van der Waals surface area contributed by atoms with E-state index in [1.807, 2.05) is 31.6 Å². The van der Waals surface area contributed by atoms with Gasteiger partial charge in [-0.05, 0) is 47.0 Å². The second-order valence-corrected chi connectivity index (χ2v) is 5.77. The molecular formula is C14H17BrClN3. The standard InChI is InChI=1S/C14H17BrClN3/c1-3-4-19-9-17-7-11(19)8-18-14-6-13(16)10(2)5-12(14)15/h5-7,9,18H,3-4,8H2,1-2H3. The van der Waals surface area contributed by atoms with Gasteiger partial charge in [-0.1, -0.05) is 18.5 Å². The first-order valence-electron chi connectivity index (χ1n) is 6.30. The quantitative estimate of drug-likeness (QED) is 0.858. The highest BCUT2D eigenvalue weighted by Gasteiger charge is 2.06. The summed E-state index contributed by atoms with van der Waals surface area (Å²) in [6.07, 6.45) is 4.87. The second-order valence-electron chi connectivity index (χ2n) is 4.51. The van der Waals surface area contributed by atoms with E-state index in [-0.39, 0.29) is 0 Å². The van der Waals surface area contributed by atoms with Crippen LogP contribution in [0.3, 0.4) is 0 Å². The van der Waals surface area contributed by atoms with Crippen LogP contribution in [-0.4, -0.2) is 9.55 Å². The summed E-state index contributed by atoms with van der Waals surface area (Å²) < 4.78 is 3.19. The first-order valence-corrected chi connectivity index (χ1v) is 7.47. The van der Waals surface area contributed by atoms with Gasteiger partial charge in [0.25, 0.3) is 0 Å². The van der Waals surface area contributed by atoms with Crippen molar-refractivity contribution in [2.45, 2.75) is 33.4 Å². The maximum absolute atomic E-state index is 6.15. The molecule has 0 aliphatic rings. The largest absolute Gasteiger partial charge is 0.378 e. The first-order chi connectivity index (χ1) is 9.11. The van der Waals surface area contributed by atoms with Crippen LogP contribution in [0.15, 0.2) is 29.1 Å². The average Bonchev–Trinajstić information content (AvgIpc) is 2.80. The average molecular weight is 343 g/mol. The van der Waals surface area contributed by atoms with Crippen molar-refractivity contribution in [2.75, 3.05) is 5.32 Å². The molecule has 3 nitrogen and oxygen atoms in total. The van der Waals surface area contributed by atoms with E-state index in [1.54, 1.807) is 0 Å². The van der Waals surface area contributed by atoms with Gasteiger partial charge in [0, 0.05) is 22.2 Å². The van der Waals surface area contributed by atoms with E-state index in [1.165, 1.54) is 5.69 Å². The highest BCUT2D eigenvalue weighted by atomic mass is 79.9. The number of nitrogens with zero attached hydrogens (tertiary/aromatic N) is 2. The Bertz CT molecular complexity index is 566. The summed E-state index contributed by atoms with van der Waals surface area (Å²) in [7, 11) is 0. The Morgan fingerprint density at radius 3 is 2.95 bits per heavy atom. The van der Waals surface area contributed by atoms with Crippen molar-refractivity contribution >= 4 is 33.2 Å². The lowest BCUT2D eigenvalue weighted by molar-refractivity contribution is 0.651. The smallest absolute Gasteiger partial charge is 0.0948 e. The maximum atomic E-state index is 6.15. The van der Waals surface area contributed by atoms with Gasteiger partial charge < -0.3 is 9.88 Å². The molecule has 0 bridgehead atoms. The van der Waals surface area contributed by atoms with Crippen molar-refractivity contribution < 1.29 is 0 Å². The lowest BCUT2D eigenvalue weighted by Crippen LogP contribution is -2.07. The van der Waals surface area contributed by atoms with E-state index in [4.69, 9.17) is 11.6 Å². The Balaban J connectivity index is 2.10. The van der Waals surface area contributed by atoms with Crippen LogP contribution in [0.2, 0.25) is 5.02 Å².